The largest absolute Gasteiger partial charge is 0.480 e. The molecule has 0 bridgehead atoms. The predicted molar refractivity (Wildman–Crippen MR) is 92.6 cm³/mol. The van der Waals surface area contributed by atoms with Crippen LogP contribution >= 0.6 is 0 Å². The van der Waals surface area contributed by atoms with Gasteiger partial charge in [0, 0.05) is 6.61 Å². The van der Waals surface area contributed by atoms with E-state index in [9.17, 15) is 18.3 Å². The molecule has 0 aromatic heterocycles. The fraction of sp³-hybridized carbons (Fsp3) is 0.278. The maximum atomic E-state index is 12.7. The van der Waals surface area contributed by atoms with Crippen molar-refractivity contribution < 1.29 is 23.1 Å². The molecular formula is C18H19NO5S. The minimum absolute atomic E-state index is 0.0260. The molecule has 0 radical (unpaired) electrons. The first-order valence-corrected chi connectivity index (χ1v) is 9.48. The summed E-state index contributed by atoms with van der Waals surface area (Å²) in [5.74, 6) is -1.24. The Labute approximate surface area is 146 Å². The SMILES string of the molecule is O=C(O)C(NS(=O)(=O)c1cccc(-c2ccccc2)c1)C1CCCO1. The molecule has 3 rings (SSSR count). The predicted octanol–water partition coefficient (Wildman–Crippen LogP) is 2.26. The van der Waals surface area contributed by atoms with Gasteiger partial charge < -0.3 is 9.84 Å². The van der Waals surface area contributed by atoms with E-state index >= 15 is 0 Å². The van der Waals surface area contributed by atoms with Crippen molar-refractivity contribution in [3.8, 4) is 11.1 Å². The quantitative estimate of drug-likeness (QED) is 0.823. The molecule has 132 valence electrons. The van der Waals surface area contributed by atoms with E-state index in [4.69, 9.17) is 4.74 Å². The molecule has 1 aliphatic rings. The van der Waals surface area contributed by atoms with Gasteiger partial charge >= 0.3 is 5.97 Å². The maximum Gasteiger partial charge on any atom is 0.324 e. The fourth-order valence-electron chi connectivity index (χ4n) is 2.86. The summed E-state index contributed by atoms with van der Waals surface area (Å²) in [6.45, 7) is 0.444. The van der Waals surface area contributed by atoms with Crippen LogP contribution in [0.2, 0.25) is 0 Å². The topological polar surface area (TPSA) is 92.7 Å². The number of carbonyl (C=O) groups is 1. The fourth-order valence-corrected chi connectivity index (χ4v) is 4.12. The highest BCUT2D eigenvalue weighted by atomic mass is 32.2. The number of carboxylic acid groups (broad SMARTS) is 1. The van der Waals surface area contributed by atoms with Gasteiger partial charge in [-0.3, -0.25) is 4.79 Å². The van der Waals surface area contributed by atoms with Gasteiger partial charge in [-0.15, -0.1) is 0 Å². The number of rotatable bonds is 6. The highest BCUT2D eigenvalue weighted by Crippen LogP contribution is 2.23. The van der Waals surface area contributed by atoms with E-state index in [2.05, 4.69) is 4.72 Å². The minimum Gasteiger partial charge on any atom is -0.480 e. The summed E-state index contributed by atoms with van der Waals surface area (Å²) < 4.78 is 32.9. The van der Waals surface area contributed by atoms with E-state index in [0.29, 0.717) is 13.0 Å². The van der Waals surface area contributed by atoms with Crippen molar-refractivity contribution in [2.45, 2.75) is 29.9 Å². The lowest BCUT2D eigenvalue weighted by Gasteiger charge is -2.20. The van der Waals surface area contributed by atoms with E-state index in [-0.39, 0.29) is 4.90 Å². The molecule has 2 atom stereocenters. The number of hydrogen-bond donors (Lipinski definition) is 2. The summed E-state index contributed by atoms with van der Waals surface area (Å²) in [5, 5.41) is 9.37. The van der Waals surface area contributed by atoms with Crippen LogP contribution in [0.15, 0.2) is 59.5 Å². The molecule has 0 amide bonds. The van der Waals surface area contributed by atoms with Crippen molar-refractivity contribution in [3.05, 3.63) is 54.6 Å². The van der Waals surface area contributed by atoms with Crippen molar-refractivity contribution in [2.24, 2.45) is 0 Å². The second kappa shape index (κ2) is 7.35. The third-order valence-corrected chi connectivity index (χ3v) is 5.58. The van der Waals surface area contributed by atoms with Gasteiger partial charge in [-0.25, -0.2) is 8.42 Å². The number of aliphatic carboxylic acids is 1. The van der Waals surface area contributed by atoms with Gasteiger partial charge in [0.25, 0.3) is 0 Å². The Bertz CT molecular complexity index is 845. The summed E-state index contributed by atoms with van der Waals surface area (Å²) in [5.41, 5.74) is 1.63. The smallest absolute Gasteiger partial charge is 0.324 e. The Morgan fingerprint density at radius 1 is 1.12 bits per heavy atom. The third kappa shape index (κ3) is 4.07. The Kier molecular flexibility index (Phi) is 5.17. The van der Waals surface area contributed by atoms with Crippen molar-refractivity contribution in [3.63, 3.8) is 0 Å². The normalized spacial score (nSPS) is 18.8. The van der Waals surface area contributed by atoms with Crippen molar-refractivity contribution in [1.82, 2.24) is 4.72 Å². The van der Waals surface area contributed by atoms with Crippen LogP contribution in [-0.2, 0) is 19.6 Å². The first kappa shape index (κ1) is 17.6. The molecule has 0 saturated carbocycles. The Morgan fingerprint density at radius 3 is 2.48 bits per heavy atom. The summed E-state index contributed by atoms with van der Waals surface area (Å²) in [6, 6.07) is 14.5. The molecule has 1 saturated heterocycles. The van der Waals surface area contributed by atoms with Gasteiger partial charge in [-0.2, -0.15) is 4.72 Å². The average Bonchev–Trinajstić information content (AvgIpc) is 3.15. The number of nitrogens with one attached hydrogen (secondary N) is 1. The Morgan fingerprint density at radius 2 is 1.84 bits per heavy atom. The van der Waals surface area contributed by atoms with Gasteiger partial charge in [0.15, 0.2) is 0 Å². The van der Waals surface area contributed by atoms with E-state index in [1.165, 1.54) is 12.1 Å². The zero-order valence-electron chi connectivity index (χ0n) is 13.5. The van der Waals surface area contributed by atoms with Crippen LogP contribution < -0.4 is 4.72 Å². The lowest BCUT2D eigenvalue weighted by Crippen LogP contribution is -2.48. The summed E-state index contributed by atoms with van der Waals surface area (Å²) in [6.07, 6.45) is 0.591. The molecule has 1 aliphatic heterocycles. The highest BCUT2D eigenvalue weighted by Gasteiger charge is 2.35. The van der Waals surface area contributed by atoms with Crippen molar-refractivity contribution in [2.75, 3.05) is 6.61 Å². The average molecular weight is 361 g/mol. The Balaban J connectivity index is 1.88. The number of benzene rings is 2. The number of carboxylic acids is 1. The van der Waals surface area contributed by atoms with Crippen LogP contribution in [-0.4, -0.2) is 38.2 Å². The van der Waals surface area contributed by atoms with Crippen LogP contribution in [0.4, 0.5) is 0 Å². The molecule has 2 aromatic rings. The second-order valence-corrected chi connectivity index (χ2v) is 7.60. The van der Waals surface area contributed by atoms with E-state index in [1.807, 2.05) is 36.4 Å². The van der Waals surface area contributed by atoms with Gasteiger partial charge in [0.1, 0.15) is 6.04 Å². The standard InChI is InChI=1S/C18H19NO5S/c20-18(21)17(16-10-5-11-24-16)19-25(22,23)15-9-4-8-14(12-15)13-6-2-1-3-7-13/h1-4,6-9,12,16-17,19H,5,10-11H2,(H,20,21). The van der Waals surface area contributed by atoms with Crippen LogP contribution in [0.3, 0.4) is 0 Å². The molecule has 1 heterocycles. The number of hydrogen-bond acceptors (Lipinski definition) is 4. The molecule has 1 fully saturated rings. The maximum absolute atomic E-state index is 12.7. The zero-order chi connectivity index (χ0) is 17.9. The molecule has 2 unspecified atom stereocenters. The van der Waals surface area contributed by atoms with Crippen LogP contribution in [0, 0.1) is 0 Å². The molecule has 2 N–H and O–H groups in total. The van der Waals surface area contributed by atoms with E-state index in [1.54, 1.807) is 6.07 Å². The minimum atomic E-state index is -3.98. The molecule has 25 heavy (non-hydrogen) atoms. The molecule has 0 spiro atoms. The second-order valence-electron chi connectivity index (χ2n) is 5.88. The lowest BCUT2D eigenvalue weighted by atomic mass is 10.1. The molecular weight excluding hydrogens is 342 g/mol. The molecule has 2 aromatic carbocycles. The van der Waals surface area contributed by atoms with E-state index in [0.717, 1.165) is 17.5 Å². The van der Waals surface area contributed by atoms with E-state index < -0.39 is 28.1 Å². The highest BCUT2D eigenvalue weighted by molar-refractivity contribution is 7.89. The number of ether oxygens (including phenoxy) is 1. The molecule has 6 nitrogen and oxygen atoms in total. The van der Waals surface area contributed by atoms with Gasteiger partial charge in [0.2, 0.25) is 10.0 Å². The summed E-state index contributed by atoms with van der Waals surface area (Å²) >= 11 is 0. The summed E-state index contributed by atoms with van der Waals surface area (Å²) in [4.78, 5) is 11.5. The first-order valence-electron chi connectivity index (χ1n) is 7.99. The molecule has 0 aliphatic carbocycles. The first-order chi connectivity index (χ1) is 12.0. The van der Waals surface area contributed by atoms with Gasteiger partial charge in [-0.05, 0) is 36.1 Å². The Hall–Kier alpha value is -2.22. The molecule has 7 heteroatoms. The van der Waals surface area contributed by atoms with Crippen LogP contribution in [0.25, 0.3) is 11.1 Å². The summed E-state index contributed by atoms with van der Waals surface area (Å²) in [7, 11) is -3.98. The lowest BCUT2D eigenvalue weighted by molar-refractivity contribution is -0.142. The zero-order valence-corrected chi connectivity index (χ0v) is 14.3. The van der Waals surface area contributed by atoms with Gasteiger partial charge in [-0.1, -0.05) is 42.5 Å². The van der Waals surface area contributed by atoms with Crippen molar-refractivity contribution in [1.29, 1.82) is 0 Å². The van der Waals surface area contributed by atoms with Crippen molar-refractivity contribution >= 4 is 16.0 Å². The van der Waals surface area contributed by atoms with Crippen LogP contribution in [0.1, 0.15) is 12.8 Å². The third-order valence-electron chi connectivity index (χ3n) is 4.14. The number of sulfonamides is 1. The monoisotopic (exact) mass is 361 g/mol. The van der Waals surface area contributed by atoms with Gasteiger partial charge in [0.05, 0.1) is 11.0 Å². The van der Waals surface area contributed by atoms with Crippen LogP contribution in [0.5, 0.6) is 0 Å².